The Morgan fingerprint density at radius 2 is 2.00 bits per heavy atom. The van der Waals surface area contributed by atoms with Crippen molar-refractivity contribution in [1.82, 2.24) is 10.3 Å². The molecule has 0 saturated carbocycles. The number of hydrogen-bond acceptors (Lipinski definition) is 4. The molecule has 0 spiro atoms. The number of fused-ring (bicyclic) bond motifs is 2. The number of ether oxygens (including phenoxy) is 1. The first-order valence-corrected chi connectivity index (χ1v) is 9.30. The van der Waals surface area contributed by atoms with Crippen LogP contribution in [0.5, 0.6) is 5.75 Å². The van der Waals surface area contributed by atoms with Gasteiger partial charge in [0.2, 0.25) is 0 Å². The highest BCUT2D eigenvalue weighted by molar-refractivity contribution is 6.33. The van der Waals surface area contributed by atoms with Crippen LogP contribution in [0.2, 0.25) is 5.02 Å². The van der Waals surface area contributed by atoms with Crippen LogP contribution < -0.4 is 15.4 Å². The standard InChI is InChI=1S/C19H24ClN3O/c1-24-18-10-14-17(11-15(18)20)23-16-5-3-2-4-13(16)19(14)22-12-6-8-21-9-7-12/h10-12,21H,2-9H2,1H3,(H,22,23). The van der Waals surface area contributed by atoms with Gasteiger partial charge in [0, 0.05) is 22.8 Å². The van der Waals surface area contributed by atoms with Crippen LogP contribution in [0.3, 0.4) is 0 Å². The van der Waals surface area contributed by atoms with Crippen LogP contribution in [-0.2, 0) is 12.8 Å². The lowest BCUT2D eigenvalue weighted by Crippen LogP contribution is -2.35. The Balaban J connectivity index is 1.85. The Morgan fingerprint density at radius 3 is 2.79 bits per heavy atom. The number of anilines is 1. The molecule has 0 amide bonds. The quantitative estimate of drug-likeness (QED) is 0.884. The van der Waals surface area contributed by atoms with E-state index in [4.69, 9.17) is 21.3 Å². The van der Waals surface area contributed by atoms with Crippen molar-refractivity contribution in [2.45, 2.75) is 44.6 Å². The van der Waals surface area contributed by atoms with Gasteiger partial charge in [0.15, 0.2) is 0 Å². The smallest absolute Gasteiger partial charge is 0.138 e. The van der Waals surface area contributed by atoms with E-state index >= 15 is 0 Å². The number of aryl methyl sites for hydroxylation is 1. The fourth-order valence-electron chi connectivity index (χ4n) is 3.92. The molecule has 0 unspecified atom stereocenters. The van der Waals surface area contributed by atoms with Gasteiger partial charge in [0.25, 0.3) is 0 Å². The van der Waals surface area contributed by atoms with Crippen LogP contribution in [0.25, 0.3) is 10.9 Å². The van der Waals surface area contributed by atoms with E-state index in [9.17, 15) is 0 Å². The second-order valence-corrected chi connectivity index (χ2v) is 7.20. The summed E-state index contributed by atoms with van der Waals surface area (Å²) in [5.41, 5.74) is 4.87. The van der Waals surface area contributed by atoms with Crippen molar-refractivity contribution in [2.75, 3.05) is 25.5 Å². The molecule has 0 radical (unpaired) electrons. The van der Waals surface area contributed by atoms with E-state index in [0.717, 1.165) is 55.4 Å². The number of nitrogens with one attached hydrogen (secondary N) is 2. The lowest BCUT2D eigenvalue weighted by Gasteiger charge is -2.28. The van der Waals surface area contributed by atoms with E-state index in [-0.39, 0.29) is 0 Å². The minimum absolute atomic E-state index is 0.518. The summed E-state index contributed by atoms with van der Waals surface area (Å²) in [6.07, 6.45) is 6.95. The van der Waals surface area contributed by atoms with Gasteiger partial charge in [-0.25, -0.2) is 0 Å². The molecular weight excluding hydrogens is 322 g/mol. The van der Waals surface area contributed by atoms with Crippen molar-refractivity contribution in [3.05, 3.63) is 28.4 Å². The fraction of sp³-hybridized carbons (Fsp3) is 0.526. The van der Waals surface area contributed by atoms with Crippen LogP contribution in [0.1, 0.15) is 36.9 Å². The Kier molecular flexibility index (Phi) is 4.51. The summed E-state index contributed by atoms with van der Waals surface area (Å²) in [5, 5.41) is 9.04. The van der Waals surface area contributed by atoms with Gasteiger partial charge in [0.05, 0.1) is 17.6 Å². The number of rotatable bonds is 3. The number of hydrogen-bond donors (Lipinski definition) is 2. The third kappa shape index (κ3) is 2.93. The molecule has 1 fully saturated rings. The van der Waals surface area contributed by atoms with E-state index in [2.05, 4.69) is 10.6 Å². The van der Waals surface area contributed by atoms with Crippen LogP contribution in [0.15, 0.2) is 12.1 Å². The molecule has 4 rings (SSSR count). The van der Waals surface area contributed by atoms with Gasteiger partial charge in [0.1, 0.15) is 5.75 Å². The third-order valence-electron chi connectivity index (χ3n) is 5.22. The van der Waals surface area contributed by atoms with Crippen molar-refractivity contribution in [2.24, 2.45) is 0 Å². The number of pyridine rings is 1. The summed E-state index contributed by atoms with van der Waals surface area (Å²) in [6.45, 7) is 2.16. The van der Waals surface area contributed by atoms with Gasteiger partial charge in [-0.15, -0.1) is 0 Å². The van der Waals surface area contributed by atoms with Crippen LogP contribution >= 0.6 is 11.6 Å². The summed E-state index contributed by atoms with van der Waals surface area (Å²) in [7, 11) is 1.67. The zero-order valence-electron chi connectivity index (χ0n) is 14.1. The van der Waals surface area contributed by atoms with Gasteiger partial charge in [-0.1, -0.05) is 11.6 Å². The summed E-state index contributed by atoms with van der Waals surface area (Å²) < 4.78 is 5.44. The monoisotopic (exact) mass is 345 g/mol. The number of nitrogens with zero attached hydrogens (tertiary/aromatic N) is 1. The number of halogens is 1. The van der Waals surface area contributed by atoms with E-state index < -0.39 is 0 Å². The molecule has 1 saturated heterocycles. The maximum absolute atomic E-state index is 6.34. The van der Waals surface area contributed by atoms with Crippen molar-refractivity contribution < 1.29 is 4.74 Å². The van der Waals surface area contributed by atoms with Crippen molar-refractivity contribution in [3.8, 4) is 5.75 Å². The normalized spacial score (nSPS) is 18.4. The maximum Gasteiger partial charge on any atom is 0.138 e. The number of benzene rings is 1. The molecule has 1 aliphatic heterocycles. The Bertz CT molecular complexity index is 756. The Labute approximate surface area is 147 Å². The van der Waals surface area contributed by atoms with E-state index in [1.54, 1.807) is 7.11 Å². The lowest BCUT2D eigenvalue weighted by atomic mass is 9.92. The summed E-state index contributed by atoms with van der Waals surface area (Å²) in [4.78, 5) is 4.91. The van der Waals surface area contributed by atoms with Gasteiger partial charge in [-0.3, -0.25) is 4.98 Å². The topological polar surface area (TPSA) is 46.2 Å². The van der Waals surface area contributed by atoms with Crippen LogP contribution in [0, 0.1) is 0 Å². The van der Waals surface area contributed by atoms with Crippen LogP contribution in [0.4, 0.5) is 5.69 Å². The number of methoxy groups -OCH3 is 1. The van der Waals surface area contributed by atoms with Crippen LogP contribution in [-0.4, -0.2) is 31.2 Å². The average molecular weight is 346 g/mol. The van der Waals surface area contributed by atoms with E-state index in [1.165, 1.54) is 29.8 Å². The predicted molar refractivity (Wildman–Crippen MR) is 99.5 cm³/mol. The second-order valence-electron chi connectivity index (χ2n) is 6.79. The fourth-order valence-corrected chi connectivity index (χ4v) is 4.15. The van der Waals surface area contributed by atoms with Crippen molar-refractivity contribution in [1.29, 1.82) is 0 Å². The molecule has 2 aromatic rings. The van der Waals surface area contributed by atoms with Gasteiger partial charge in [-0.2, -0.15) is 0 Å². The summed E-state index contributed by atoms with van der Waals surface area (Å²) in [6, 6.07) is 4.51. The average Bonchev–Trinajstić information content (AvgIpc) is 2.62. The second kappa shape index (κ2) is 6.77. The van der Waals surface area contributed by atoms with Gasteiger partial charge >= 0.3 is 0 Å². The molecule has 128 valence electrons. The van der Waals surface area contributed by atoms with E-state index in [1.807, 2.05) is 12.1 Å². The maximum atomic E-state index is 6.34. The predicted octanol–water partition coefficient (Wildman–Crippen LogP) is 3.94. The van der Waals surface area contributed by atoms with Gasteiger partial charge < -0.3 is 15.4 Å². The Hall–Kier alpha value is -1.52. The molecular formula is C19H24ClN3O. The van der Waals surface area contributed by atoms with Crippen molar-refractivity contribution >= 4 is 28.2 Å². The minimum Gasteiger partial charge on any atom is -0.495 e. The molecule has 5 heteroatoms. The highest BCUT2D eigenvalue weighted by Gasteiger charge is 2.22. The highest BCUT2D eigenvalue weighted by Crippen LogP contribution is 2.38. The molecule has 4 nitrogen and oxygen atoms in total. The highest BCUT2D eigenvalue weighted by atomic mass is 35.5. The zero-order chi connectivity index (χ0) is 16.5. The molecule has 0 bridgehead atoms. The molecule has 2 aliphatic rings. The molecule has 1 aromatic heterocycles. The first-order valence-electron chi connectivity index (χ1n) is 8.92. The third-order valence-corrected chi connectivity index (χ3v) is 5.52. The molecule has 1 aromatic carbocycles. The van der Waals surface area contributed by atoms with Crippen molar-refractivity contribution in [3.63, 3.8) is 0 Å². The van der Waals surface area contributed by atoms with Gasteiger partial charge in [-0.05, 0) is 69.3 Å². The summed E-state index contributed by atoms with van der Waals surface area (Å²) in [5.74, 6) is 0.718. The van der Waals surface area contributed by atoms with E-state index in [0.29, 0.717) is 11.1 Å². The zero-order valence-corrected chi connectivity index (χ0v) is 14.9. The minimum atomic E-state index is 0.518. The first-order chi connectivity index (χ1) is 11.8. The molecule has 2 heterocycles. The molecule has 0 atom stereocenters. The first kappa shape index (κ1) is 16.0. The number of aromatic nitrogens is 1. The molecule has 24 heavy (non-hydrogen) atoms. The SMILES string of the molecule is COc1cc2c(NC3CCNCC3)c3c(nc2cc1Cl)CCCC3. The molecule has 2 N–H and O–H groups in total. The number of piperidine rings is 1. The Morgan fingerprint density at radius 1 is 1.21 bits per heavy atom. The lowest BCUT2D eigenvalue weighted by molar-refractivity contribution is 0.415. The summed E-state index contributed by atoms with van der Waals surface area (Å²) >= 11 is 6.34. The molecule has 1 aliphatic carbocycles. The largest absolute Gasteiger partial charge is 0.495 e.